The molecule has 1 unspecified atom stereocenters. The number of aliphatic hydroxyl groups excluding tert-OH is 1. The van der Waals surface area contributed by atoms with Crippen molar-refractivity contribution in [3.05, 3.63) is 33.8 Å². The number of hydrogen-bond donors (Lipinski definition) is 1. The number of hydrogen-bond acceptors (Lipinski definition) is 1. The first-order valence-corrected chi connectivity index (χ1v) is 6.40. The van der Waals surface area contributed by atoms with Crippen LogP contribution in [0.5, 0.6) is 0 Å². The molecule has 0 saturated heterocycles. The van der Waals surface area contributed by atoms with Gasteiger partial charge in [0.15, 0.2) is 0 Å². The van der Waals surface area contributed by atoms with Crippen molar-refractivity contribution in [2.75, 3.05) is 0 Å². The predicted molar refractivity (Wildman–Crippen MR) is 65.8 cm³/mol. The van der Waals surface area contributed by atoms with Gasteiger partial charge in [-0.15, -0.1) is 0 Å². The number of rotatable bonds is 4. The van der Waals surface area contributed by atoms with Gasteiger partial charge in [0.25, 0.3) is 0 Å². The molecule has 1 atom stereocenters. The standard InChI is InChI=1S/C13H17BrO/c1-9-2-6-11(12(14)8-9)13(15)7-5-10-3-4-10/h2,6,8,10,13,15H,3-5,7H2,1H3. The van der Waals surface area contributed by atoms with Gasteiger partial charge in [-0.05, 0) is 42.9 Å². The van der Waals surface area contributed by atoms with Gasteiger partial charge in [-0.25, -0.2) is 0 Å². The minimum Gasteiger partial charge on any atom is -0.388 e. The summed E-state index contributed by atoms with van der Waals surface area (Å²) in [6.45, 7) is 2.06. The molecule has 1 aromatic rings. The molecule has 0 aliphatic heterocycles. The molecule has 1 fully saturated rings. The van der Waals surface area contributed by atoms with Crippen LogP contribution in [0.15, 0.2) is 22.7 Å². The maximum absolute atomic E-state index is 10.0. The van der Waals surface area contributed by atoms with Crippen LogP contribution in [0.25, 0.3) is 0 Å². The van der Waals surface area contributed by atoms with Gasteiger partial charge < -0.3 is 5.11 Å². The summed E-state index contributed by atoms with van der Waals surface area (Å²) in [5.41, 5.74) is 2.25. The Morgan fingerprint density at radius 1 is 1.47 bits per heavy atom. The molecule has 1 aliphatic rings. The van der Waals surface area contributed by atoms with Gasteiger partial charge in [0.05, 0.1) is 6.10 Å². The SMILES string of the molecule is Cc1ccc(C(O)CCC2CC2)c(Br)c1. The molecule has 0 aromatic heterocycles. The van der Waals surface area contributed by atoms with Crippen LogP contribution in [0.1, 0.15) is 42.9 Å². The molecule has 0 radical (unpaired) electrons. The first-order chi connectivity index (χ1) is 7.16. The van der Waals surface area contributed by atoms with E-state index in [1.54, 1.807) is 0 Å². The summed E-state index contributed by atoms with van der Waals surface area (Å²) in [7, 11) is 0. The fourth-order valence-electron chi connectivity index (χ4n) is 1.86. The van der Waals surface area contributed by atoms with Crippen LogP contribution in [0.2, 0.25) is 0 Å². The van der Waals surface area contributed by atoms with E-state index in [1.807, 2.05) is 6.07 Å². The Kier molecular flexibility index (Phi) is 3.47. The van der Waals surface area contributed by atoms with E-state index in [9.17, 15) is 5.11 Å². The van der Waals surface area contributed by atoms with Gasteiger partial charge in [-0.1, -0.05) is 40.9 Å². The third kappa shape index (κ3) is 3.05. The van der Waals surface area contributed by atoms with Crippen molar-refractivity contribution in [2.24, 2.45) is 5.92 Å². The summed E-state index contributed by atoms with van der Waals surface area (Å²) in [6.07, 6.45) is 4.48. The molecule has 0 bridgehead atoms. The van der Waals surface area contributed by atoms with Crippen molar-refractivity contribution < 1.29 is 5.11 Å². The second kappa shape index (κ2) is 4.67. The van der Waals surface area contributed by atoms with Crippen LogP contribution in [-0.4, -0.2) is 5.11 Å². The topological polar surface area (TPSA) is 20.2 Å². The molecule has 1 N–H and O–H groups in total. The van der Waals surface area contributed by atoms with Crippen LogP contribution in [0, 0.1) is 12.8 Å². The summed E-state index contributed by atoms with van der Waals surface area (Å²) in [5.74, 6) is 0.892. The minimum absolute atomic E-state index is 0.305. The molecule has 1 aliphatic carbocycles. The Labute approximate surface area is 99.6 Å². The summed E-state index contributed by atoms with van der Waals surface area (Å²) < 4.78 is 1.03. The number of benzene rings is 1. The van der Waals surface area contributed by atoms with Gasteiger partial charge >= 0.3 is 0 Å². The molecule has 0 amide bonds. The molecule has 1 aromatic carbocycles. The van der Waals surface area contributed by atoms with Crippen LogP contribution in [-0.2, 0) is 0 Å². The number of aryl methyl sites for hydroxylation is 1. The maximum Gasteiger partial charge on any atom is 0.0801 e. The van der Waals surface area contributed by atoms with E-state index in [4.69, 9.17) is 0 Å². The monoisotopic (exact) mass is 268 g/mol. The van der Waals surface area contributed by atoms with E-state index in [2.05, 4.69) is 35.0 Å². The van der Waals surface area contributed by atoms with Crippen molar-refractivity contribution in [1.29, 1.82) is 0 Å². The van der Waals surface area contributed by atoms with Crippen molar-refractivity contribution >= 4 is 15.9 Å². The predicted octanol–water partition coefficient (Wildman–Crippen LogP) is 3.98. The Hall–Kier alpha value is -0.340. The molecule has 0 heterocycles. The third-order valence-corrected chi connectivity index (χ3v) is 3.75. The zero-order chi connectivity index (χ0) is 10.8. The quantitative estimate of drug-likeness (QED) is 0.876. The van der Waals surface area contributed by atoms with Crippen LogP contribution >= 0.6 is 15.9 Å². The normalized spacial score (nSPS) is 17.8. The smallest absolute Gasteiger partial charge is 0.0801 e. The van der Waals surface area contributed by atoms with Crippen molar-refractivity contribution in [1.82, 2.24) is 0 Å². The first-order valence-electron chi connectivity index (χ1n) is 5.61. The molecule has 15 heavy (non-hydrogen) atoms. The average molecular weight is 269 g/mol. The van der Waals surface area contributed by atoms with E-state index in [-0.39, 0.29) is 6.10 Å². The second-order valence-electron chi connectivity index (χ2n) is 4.56. The summed E-state index contributed by atoms with van der Waals surface area (Å²) in [4.78, 5) is 0. The molecular formula is C13H17BrO. The highest BCUT2D eigenvalue weighted by Gasteiger charge is 2.22. The molecule has 2 rings (SSSR count). The maximum atomic E-state index is 10.0. The Morgan fingerprint density at radius 2 is 2.20 bits per heavy atom. The molecule has 1 nitrogen and oxygen atoms in total. The third-order valence-electron chi connectivity index (χ3n) is 3.06. The van der Waals surface area contributed by atoms with Gasteiger partial charge in [-0.3, -0.25) is 0 Å². The lowest BCUT2D eigenvalue weighted by Crippen LogP contribution is -1.99. The fraction of sp³-hybridized carbons (Fsp3) is 0.538. The second-order valence-corrected chi connectivity index (χ2v) is 5.42. The molecule has 82 valence electrons. The van der Waals surface area contributed by atoms with Crippen molar-refractivity contribution in [3.8, 4) is 0 Å². The van der Waals surface area contributed by atoms with Crippen LogP contribution in [0.3, 0.4) is 0 Å². The van der Waals surface area contributed by atoms with Gasteiger partial charge in [0.1, 0.15) is 0 Å². The summed E-state index contributed by atoms with van der Waals surface area (Å²) in [5, 5.41) is 10.0. The minimum atomic E-state index is -0.305. The lowest BCUT2D eigenvalue weighted by atomic mass is 10.0. The number of aliphatic hydroxyl groups is 1. The highest BCUT2D eigenvalue weighted by molar-refractivity contribution is 9.10. The van der Waals surface area contributed by atoms with E-state index in [1.165, 1.54) is 24.8 Å². The summed E-state index contributed by atoms with van der Waals surface area (Å²) >= 11 is 3.51. The van der Waals surface area contributed by atoms with Gasteiger partial charge in [0.2, 0.25) is 0 Å². The first kappa shape index (κ1) is 11.2. The Balaban J connectivity index is 1.99. The highest BCUT2D eigenvalue weighted by atomic mass is 79.9. The summed E-state index contributed by atoms with van der Waals surface area (Å²) in [6, 6.07) is 6.15. The average Bonchev–Trinajstić information content (AvgIpc) is 2.97. The van der Waals surface area contributed by atoms with Crippen molar-refractivity contribution in [2.45, 2.75) is 38.7 Å². The zero-order valence-corrected chi connectivity index (χ0v) is 10.6. The zero-order valence-electron chi connectivity index (χ0n) is 9.04. The fourth-order valence-corrected chi connectivity index (χ4v) is 2.62. The molecule has 1 saturated carbocycles. The van der Waals surface area contributed by atoms with Crippen LogP contribution < -0.4 is 0 Å². The number of halogens is 1. The van der Waals surface area contributed by atoms with Crippen LogP contribution in [0.4, 0.5) is 0 Å². The highest BCUT2D eigenvalue weighted by Crippen LogP contribution is 2.37. The Morgan fingerprint density at radius 3 is 2.80 bits per heavy atom. The van der Waals surface area contributed by atoms with E-state index >= 15 is 0 Å². The molecular weight excluding hydrogens is 252 g/mol. The molecule has 0 spiro atoms. The van der Waals surface area contributed by atoms with E-state index in [0.29, 0.717) is 0 Å². The Bertz CT molecular complexity index is 344. The molecule has 2 heteroatoms. The largest absolute Gasteiger partial charge is 0.388 e. The van der Waals surface area contributed by atoms with Gasteiger partial charge in [0, 0.05) is 4.47 Å². The van der Waals surface area contributed by atoms with E-state index in [0.717, 1.165) is 22.4 Å². The van der Waals surface area contributed by atoms with Gasteiger partial charge in [-0.2, -0.15) is 0 Å². The lowest BCUT2D eigenvalue weighted by molar-refractivity contribution is 0.161. The van der Waals surface area contributed by atoms with Crippen molar-refractivity contribution in [3.63, 3.8) is 0 Å². The van der Waals surface area contributed by atoms with E-state index < -0.39 is 0 Å². The lowest BCUT2D eigenvalue weighted by Gasteiger charge is -2.13.